The molecule has 1 heterocycles. The third-order valence-electron chi connectivity index (χ3n) is 2.59. The molecule has 1 aliphatic rings. The van der Waals surface area contributed by atoms with Crippen molar-refractivity contribution in [1.29, 1.82) is 0 Å². The highest BCUT2D eigenvalue weighted by Crippen LogP contribution is 2.28. The van der Waals surface area contributed by atoms with E-state index in [1.54, 1.807) is 6.92 Å². The van der Waals surface area contributed by atoms with Crippen molar-refractivity contribution in [3.63, 3.8) is 0 Å². The third-order valence-corrected chi connectivity index (χ3v) is 2.59. The van der Waals surface area contributed by atoms with E-state index in [4.69, 9.17) is 19.3 Å². The zero-order valence-corrected chi connectivity index (χ0v) is 8.71. The van der Waals surface area contributed by atoms with Gasteiger partial charge in [-0.2, -0.15) is 0 Å². The van der Waals surface area contributed by atoms with E-state index in [2.05, 4.69) is 0 Å². The van der Waals surface area contributed by atoms with Crippen LogP contribution < -0.4 is 0 Å². The highest BCUT2D eigenvalue weighted by molar-refractivity contribution is 4.90. The molecule has 0 aromatic rings. The van der Waals surface area contributed by atoms with Gasteiger partial charge in [-0.1, -0.05) is 6.92 Å². The molecule has 0 aromatic heterocycles. The number of hydrogen-bond acceptors (Lipinski definition) is 5. The van der Waals surface area contributed by atoms with E-state index in [1.165, 1.54) is 14.2 Å². The molecule has 2 N–H and O–H groups in total. The lowest BCUT2D eigenvalue weighted by molar-refractivity contribution is -0.162. The molecular formula is C9H18O5. The van der Waals surface area contributed by atoms with Gasteiger partial charge < -0.3 is 24.4 Å². The minimum Gasteiger partial charge on any atom is -0.396 e. The van der Waals surface area contributed by atoms with Crippen molar-refractivity contribution < 1.29 is 24.4 Å². The fourth-order valence-corrected chi connectivity index (χ4v) is 1.68. The monoisotopic (exact) mass is 206 g/mol. The van der Waals surface area contributed by atoms with Gasteiger partial charge in [0.05, 0.1) is 6.10 Å². The molecule has 0 radical (unpaired) electrons. The van der Waals surface area contributed by atoms with Gasteiger partial charge in [0.2, 0.25) is 0 Å². The minimum atomic E-state index is -0.757. The summed E-state index contributed by atoms with van der Waals surface area (Å²) in [6, 6.07) is 0. The van der Waals surface area contributed by atoms with Crippen molar-refractivity contribution in [1.82, 2.24) is 0 Å². The third kappa shape index (κ3) is 2.07. The number of rotatable bonds is 4. The summed E-state index contributed by atoms with van der Waals surface area (Å²) < 4.78 is 15.5. The van der Waals surface area contributed by atoms with Crippen molar-refractivity contribution in [3.8, 4) is 0 Å². The van der Waals surface area contributed by atoms with Crippen LogP contribution in [0.1, 0.15) is 6.92 Å². The molecule has 0 amide bonds. The van der Waals surface area contributed by atoms with Gasteiger partial charge in [-0.25, -0.2) is 0 Å². The van der Waals surface area contributed by atoms with Crippen LogP contribution in [0.4, 0.5) is 0 Å². The van der Waals surface area contributed by atoms with Crippen LogP contribution in [0.5, 0.6) is 0 Å². The average Bonchev–Trinajstić information content (AvgIpc) is 2.53. The summed E-state index contributed by atoms with van der Waals surface area (Å²) in [5.41, 5.74) is 0. The van der Waals surface area contributed by atoms with Gasteiger partial charge in [0.25, 0.3) is 0 Å². The van der Waals surface area contributed by atoms with Gasteiger partial charge in [-0.15, -0.1) is 0 Å². The lowest BCUT2D eigenvalue weighted by Crippen LogP contribution is -2.37. The van der Waals surface area contributed by atoms with Crippen molar-refractivity contribution >= 4 is 0 Å². The Morgan fingerprint density at radius 2 is 2.00 bits per heavy atom. The molecule has 1 saturated heterocycles. The molecule has 1 rings (SSSR count). The van der Waals surface area contributed by atoms with E-state index < -0.39 is 24.6 Å². The van der Waals surface area contributed by atoms with Gasteiger partial charge in [0.1, 0.15) is 12.2 Å². The first-order valence-corrected chi connectivity index (χ1v) is 4.65. The van der Waals surface area contributed by atoms with Gasteiger partial charge in [0, 0.05) is 26.7 Å². The Labute approximate surface area is 83.6 Å². The summed E-state index contributed by atoms with van der Waals surface area (Å²) in [6.45, 7) is 1.77. The van der Waals surface area contributed by atoms with E-state index >= 15 is 0 Å². The average molecular weight is 206 g/mol. The number of aliphatic hydroxyl groups excluding tert-OH is 2. The first-order chi connectivity index (χ1) is 6.65. The normalized spacial score (nSPS) is 40.1. The lowest BCUT2D eigenvalue weighted by atomic mass is 9.99. The van der Waals surface area contributed by atoms with Crippen LogP contribution in [0.3, 0.4) is 0 Å². The summed E-state index contributed by atoms with van der Waals surface area (Å²) >= 11 is 0. The molecule has 5 nitrogen and oxygen atoms in total. The van der Waals surface area contributed by atoms with E-state index in [9.17, 15) is 5.11 Å². The number of methoxy groups -OCH3 is 2. The smallest absolute Gasteiger partial charge is 0.186 e. The second-order valence-electron chi connectivity index (χ2n) is 3.56. The fourth-order valence-electron chi connectivity index (χ4n) is 1.68. The zero-order chi connectivity index (χ0) is 10.7. The van der Waals surface area contributed by atoms with Crippen LogP contribution in [-0.2, 0) is 14.2 Å². The molecule has 84 valence electrons. The molecule has 0 unspecified atom stereocenters. The summed E-state index contributed by atoms with van der Waals surface area (Å²) in [5.74, 6) is -0.136. The van der Waals surface area contributed by atoms with Gasteiger partial charge in [-0.3, -0.25) is 0 Å². The van der Waals surface area contributed by atoms with Crippen molar-refractivity contribution in [3.05, 3.63) is 0 Å². The van der Waals surface area contributed by atoms with Crippen LogP contribution in [0.15, 0.2) is 0 Å². The summed E-state index contributed by atoms with van der Waals surface area (Å²) in [6.07, 6.45) is -2.24. The Morgan fingerprint density at radius 1 is 1.36 bits per heavy atom. The minimum absolute atomic E-state index is 0.0331. The largest absolute Gasteiger partial charge is 0.396 e. The van der Waals surface area contributed by atoms with Gasteiger partial charge >= 0.3 is 0 Å². The summed E-state index contributed by atoms with van der Waals surface area (Å²) in [4.78, 5) is 0. The highest BCUT2D eigenvalue weighted by atomic mass is 16.7. The molecular weight excluding hydrogens is 188 g/mol. The maximum Gasteiger partial charge on any atom is 0.186 e. The predicted octanol–water partition coefficient (Wildman–Crippen LogP) is -0.638. The van der Waals surface area contributed by atoms with E-state index in [0.29, 0.717) is 0 Å². The maximum atomic E-state index is 9.81. The molecule has 5 heteroatoms. The lowest BCUT2D eigenvalue weighted by Gasteiger charge is -2.20. The van der Waals surface area contributed by atoms with Crippen LogP contribution >= 0.6 is 0 Å². The molecule has 1 aliphatic heterocycles. The molecule has 0 aromatic carbocycles. The molecule has 0 spiro atoms. The van der Waals surface area contributed by atoms with Crippen molar-refractivity contribution in [2.75, 3.05) is 20.8 Å². The Kier molecular flexibility index (Phi) is 4.28. The van der Waals surface area contributed by atoms with Crippen molar-refractivity contribution in [2.45, 2.75) is 31.5 Å². The maximum absolute atomic E-state index is 9.81. The van der Waals surface area contributed by atoms with Crippen LogP contribution in [0.25, 0.3) is 0 Å². The number of aliphatic hydroxyl groups is 2. The molecule has 0 aliphatic carbocycles. The Bertz CT molecular complexity index is 175. The molecule has 5 atom stereocenters. The number of hydrogen-bond donors (Lipinski definition) is 2. The number of ether oxygens (including phenoxy) is 3. The Morgan fingerprint density at radius 3 is 2.36 bits per heavy atom. The molecule has 14 heavy (non-hydrogen) atoms. The Hall–Kier alpha value is -0.200. The van der Waals surface area contributed by atoms with E-state index in [1.807, 2.05) is 0 Å². The van der Waals surface area contributed by atoms with E-state index in [0.717, 1.165) is 0 Å². The summed E-state index contributed by atoms with van der Waals surface area (Å²) in [5, 5.41) is 18.8. The van der Waals surface area contributed by atoms with Crippen LogP contribution in [0, 0.1) is 5.92 Å². The SMILES string of the molecule is CO[C@H]1O[C@@H]([C@H](C)CO)[C@H](O)[C@H]1OC. The van der Waals surface area contributed by atoms with Crippen LogP contribution in [-0.4, -0.2) is 55.6 Å². The predicted molar refractivity (Wildman–Crippen MR) is 48.7 cm³/mol. The van der Waals surface area contributed by atoms with Gasteiger partial charge in [-0.05, 0) is 0 Å². The quantitative estimate of drug-likeness (QED) is 0.640. The standard InChI is InChI=1S/C9H18O5/c1-5(4-10)7-6(11)8(12-2)9(13-3)14-7/h5-11H,4H2,1-3H3/t5-,6+,7+,8-,9+/m1/s1. The first-order valence-electron chi connectivity index (χ1n) is 4.65. The van der Waals surface area contributed by atoms with Crippen LogP contribution in [0.2, 0.25) is 0 Å². The summed E-state index contributed by atoms with van der Waals surface area (Å²) in [7, 11) is 2.99. The second kappa shape index (κ2) is 5.04. The van der Waals surface area contributed by atoms with Gasteiger partial charge in [0.15, 0.2) is 6.29 Å². The Balaban J connectivity index is 2.65. The zero-order valence-electron chi connectivity index (χ0n) is 8.71. The van der Waals surface area contributed by atoms with Crippen molar-refractivity contribution in [2.24, 2.45) is 5.92 Å². The molecule has 0 bridgehead atoms. The molecule has 0 saturated carbocycles. The fraction of sp³-hybridized carbons (Fsp3) is 1.00. The topological polar surface area (TPSA) is 68.2 Å². The second-order valence-corrected chi connectivity index (χ2v) is 3.56. The first kappa shape index (κ1) is 11.9. The van der Waals surface area contributed by atoms with E-state index in [-0.39, 0.29) is 12.5 Å². The molecule has 1 fully saturated rings. The highest BCUT2D eigenvalue weighted by Gasteiger charge is 2.46.